The van der Waals surface area contributed by atoms with Gasteiger partial charge in [-0.3, -0.25) is 14.9 Å². The molecule has 0 aliphatic carbocycles. The molecular formula is C25H18BrCl2N3O5. The van der Waals surface area contributed by atoms with Crippen molar-refractivity contribution in [2.24, 2.45) is 0 Å². The van der Waals surface area contributed by atoms with Crippen LogP contribution in [-0.4, -0.2) is 17.4 Å². The van der Waals surface area contributed by atoms with Gasteiger partial charge >= 0.3 is 0 Å². The fourth-order valence-corrected chi connectivity index (χ4v) is 4.12. The maximum absolute atomic E-state index is 12.7. The van der Waals surface area contributed by atoms with Gasteiger partial charge in [-0.25, -0.2) is 0 Å². The molecule has 0 heterocycles. The topological polar surface area (TPSA) is 114 Å². The third-order valence-electron chi connectivity index (χ3n) is 4.74. The maximum Gasteiger partial charge on any atom is 0.269 e. The molecule has 0 radical (unpaired) electrons. The molecule has 184 valence electrons. The lowest BCUT2D eigenvalue weighted by Gasteiger charge is -2.15. The average molecular weight is 591 g/mol. The predicted octanol–water partition coefficient (Wildman–Crippen LogP) is 7.19. The number of benzene rings is 3. The highest BCUT2D eigenvalue weighted by Gasteiger charge is 2.17. The van der Waals surface area contributed by atoms with E-state index in [9.17, 15) is 20.2 Å². The van der Waals surface area contributed by atoms with Crippen molar-refractivity contribution in [1.82, 2.24) is 0 Å². The molecule has 0 unspecified atom stereocenters. The fourth-order valence-electron chi connectivity index (χ4n) is 3.06. The number of hydrogen-bond acceptors (Lipinski definition) is 6. The Bertz CT molecular complexity index is 1350. The second kappa shape index (κ2) is 12.4. The predicted molar refractivity (Wildman–Crippen MR) is 141 cm³/mol. The number of nitrogens with one attached hydrogen (secondary N) is 1. The maximum atomic E-state index is 12.7. The molecule has 0 aliphatic heterocycles. The van der Waals surface area contributed by atoms with Crippen LogP contribution in [0.1, 0.15) is 18.1 Å². The van der Waals surface area contributed by atoms with Gasteiger partial charge in [0.1, 0.15) is 18.2 Å². The van der Waals surface area contributed by atoms with Crippen LogP contribution in [0, 0.1) is 21.4 Å². The highest BCUT2D eigenvalue weighted by atomic mass is 79.9. The highest BCUT2D eigenvalue weighted by molar-refractivity contribution is 9.10. The first kappa shape index (κ1) is 27.0. The zero-order valence-electron chi connectivity index (χ0n) is 18.8. The quantitative estimate of drug-likeness (QED) is 0.122. The Hall–Kier alpha value is -3.58. The van der Waals surface area contributed by atoms with Crippen LogP contribution < -0.4 is 14.8 Å². The van der Waals surface area contributed by atoms with Crippen molar-refractivity contribution in [3.63, 3.8) is 0 Å². The number of hydrogen-bond donors (Lipinski definition) is 1. The number of nitro groups is 1. The summed E-state index contributed by atoms with van der Waals surface area (Å²) in [5, 5.41) is 23.5. The van der Waals surface area contributed by atoms with Gasteiger partial charge in [-0.15, -0.1) is 0 Å². The van der Waals surface area contributed by atoms with Crippen molar-refractivity contribution in [3.05, 3.63) is 95.9 Å². The molecule has 0 saturated heterocycles. The van der Waals surface area contributed by atoms with Gasteiger partial charge in [0, 0.05) is 12.1 Å². The van der Waals surface area contributed by atoms with E-state index in [2.05, 4.69) is 21.2 Å². The van der Waals surface area contributed by atoms with Crippen LogP contribution in [0.15, 0.2) is 64.6 Å². The summed E-state index contributed by atoms with van der Waals surface area (Å²) in [6, 6.07) is 16.0. The molecule has 8 nitrogen and oxygen atoms in total. The zero-order valence-corrected chi connectivity index (χ0v) is 21.9. The van der Waals surface area contributed by atoms with E-state index in [1.807, 2.05) is 6.07 Å². The number of nitriles is 1. The summed E-state index contributed by atoms with van der Waals surface area (Å²) >= 11 is 15.7. The summed E-state index contributed by atoms with van der Waals surface area (Å²) in [5.41, 5.74) is 1.24. The molecular weight excluding hydrogens is 573 g/mol. The zero-order chi connectivity index (χ0) is 26.2. The van der Waals surface area contributed by atoms with Crippen LogP contribution in [0.2, 0.25) is 10.0 Å². The number of ether oxygens (including phenoxy) is 2. The molecule has 0 bridgehead atoms. The summed E-state index contributed by atoms with van der Waals surface area (Å²) in [6.07, 6.45) is 1.40. The van der Waals surface area contributed by atoms with E-state index in [1.165, 1.54) is 18.2 Å². The van der Waals surface area contributed by atoms with Gasteiger partial charge < -0.3 is 14.8 Å². The van der Waals surface area contributed by atoms with E-state index in [1.54, 1.807) is 49.4 Å². The van der Waals surface area contributed by atoms with E-state index < -0.39 is 10.8 Å². The number of para-hydroxylation sites is 1. The summed E-state index contributed by atoms with van der Waals surface area (Å²) in [4.78, 5) is 23.1. The molecule has 3 aromatic rings. The van der Waals surface area contributed by atoms with Gasteiger partial charge in [-0.2, -0.15) is 5.26 Å². The Morgan fingerprint density at radius 2 is 1.83 bits per heavy atom. The van der Waals surface area contributed by atoms with E-state index in [0.717, 1.165) is 5.56 Å². The van der Waals surface area contributed by atoms with Gasteiger partial charge in [-0.05, 0) is 76.5 Å². The lowest BCUT2D eigenvalue weighted by Crippen LogP contribution is -2.14. The first-order valence-electron chi connectivity index (χ1n) is 10.4. The van der Waals surface area contributed by atoms with Crippen LogP contribution in [-0.2, 0) is 11.4 Å². The average Bonchev–Trinajstić information content (AvgIpc) is 2.84. The Kier molecular flexibility index (Phi) is 9.31. The molecule has 0 aliphatic rings. The largest absolute Gasteiger partial charge is 0.490 e. The standard InChI is InChI=1S/C25H18BrCl2N3O5/c1-2-35-22-12-16(10-17(13-29)25(32)30-23-20(27)4-3-5-21(23)28)11-19(26)24(22)36-14-15-6-8-18(9-7-15)31(33)34/h3-12H,2,14H2,1H3,(H,30,32)/b17-10+. The van der Waals surface area contributed by atoms with E-state index in [0.29, 0.717) is 28.1 Å². The second-order valence-electron chi connectivity index (χ2n) is 7.20. The minimum Gasteiger partial charge on any atom is -0.490 e. The van der Waals surface area contributed by atoms with E-state index in [-0.39, 0.29) is 33.6 Å². The van der Waals surface area contributed by atoms with Crippen molar-refractivity contribution in [1.29, 1.82) is 5.26 Å². The molecule has 1 amide bonds. The summed E-state index contributed by atoms with van der Waals surface area (Å²) in [6.45, 7) is 2.28. The highest BCUT2D eigenvalue weighted by Crippen LogP contribution is 2.38. The van der Waals surface area contributed by atoms with Gasteiger partial charge in [0.15, 0.2) is 11.5 Å². The monoisotopic (exact) mass is 589 g/mol. The molecule has 36 heavy (non-hydrogen) atoms. The number of nitrogens with zero attached hydrogens (tertiary/aromatic N) is 2. The summed E-state index contributed by atoms with van der Waals surface area (Å²) in [5.74, 6) is 0.102. The number of anilines is 1. The third kappa shape index (κ3) is 6.76. The molecule has 11 heteroatoms. The number of carbonyl (C=O) groups excluding carboxylic acids is 1. The van der Waals surface area contributed by atoms with Gasteiger partial charge in [0.25, 0.3) is 11.6 Å². The Morgan fingerprint density at radius 3 is 2.42 bits per heavy atom. The fraction of sp³-hybridized carbons (Fsp3) is 0.120. The van der Waals surface area contributed by atoms with Crippen molar-refractivity contribution in [2.75, 3.05) is 11.9 Å². The van der Waals surface area contributed by atoms with E-state index >= 15 is 0 Å². The van der Waals surface area contributed by atoms with E-state index in [4.69, 9.17) is 32.7 Å². The minimum atomic E-state index is -0.680. The number of rotatable bonds is 9. The van der Waals surface area contributed by atoms with Crippen LogP contribution in [0.4, 0.5) is 11.4 Å². The first-order valence-corrected chi connectivity index (χ1v) is 12.0. The van der Waals surface area contributed by atoms with Crippen molar-refractivity contribution < 1.29 is 19.2 Å². The van der Waals surface area contributed by atoms with Gasteiger partial charge in [0.05, 0.1) is 31.7 Å². The number of nitro benzene ring substituents is 1. The Balaban J connectivity index is 1.85. The molecule has 0 aromatic heterocycles. The minimum absolute atomic E-state index is 0.0137. The molecule has 3 rings (SSSR count). The molecule has 0 spiro atoms. The molecule has 0 atom stereocenters. The number of halogens is 3. The van der Waals surface area contributed by atoms with Crippen LogP contribution in [0.5, 0.6) is 11.5 Å². The summed E-state index contributed by atoms with van der Waals surface area (Å²) < 4.78 is 12.1. The lowest BCUT2D eigenvalue weighted by molar-refractivity contribution is -0.384. The number of amides is 1. The molecule has 0 fully saturated rings. The van der Waals surface area contributed by atoms with Crippen molar-refractivity contribution in [2.45, 2.75) is 13.5 Å². The molecule has 1 N–H and O–H groups in total. The normalized spacial score (nSPS) is 10.9. The van der Waals surface area contributed by atoms with Gasteiger partial charge in [0.2, 0.25) is 0 Å². The first-order chi connectivity index (χ1) is 17.2. The van der Waals surface area contributed by atoms with Crippen molar-refractivity contribution >= 4 is 62.5 Å². The third-order valence-corrected chi connectivity index (χ3v) is 5.96. The molecule has 0 saturated carbocycles. The second-order valence-corrected chi connectivity index (χ2v) is 8.86. The van der Waals surface area contributed by atoms with Gasteiger partial charge in [-0.1, -0.05) is 29.3 Å². The Labute approximate surface area is 225 Å². The lowest BCUT2D eigenvalue weighted by atomic mass is 10.1. The Morgan fingerprint density at radius 1 is 1.17 bits per heavy atom. The summed E-state index contributed by atoms with van der Waals surface area (Å²) in [7, 11) is 0. The van der Waals surface area contributed by atoms with Crippen LogP contribution in [0.25, 0.3) is 6.08 Å². The smallest absolute Gasteiger partial charge is 0.269 e. The number of non-ortho nitro benzene ring substituents is 1. The SMILES string of the molecule is CCOc1cc(/C=C(\C#N)C(=O)Nc2c(Cl)cccc2Cl)cc(Br)c1OCc1ccc([N+](=O)[O-])cc1. The van der Waals surface area contributed by atoms with Crippen molar-refractivity contribution in [3.8, 4) is 17.6 Å². The van der Waals surface area contributed by atoms with Crippen LogP contribution in [0.3, 0.4) is 0 Å². The number of carbonyl (C=O) groups is 1. The molecule has 3 aromatic carbocycles. The van der Waals surface area contributed by atoms with Crippen LogP contribution >= 0.6 is 39.1 Å².